The van der Waals surface area contributed by atoms with Gasteiger partial charge in [-0.15, -0.1) is 0 Å². The second-order valence-corrected chi connectivity index (χ2v) is 11.0. The fourth-order valence-corrected chi connectivity index (χ4v) is 8.26. The summed E-state index contributed by atoms with van der Waals surface area (Å²) in [7, 11) is -0.976. The van der Waals surface area contributed by atoms with Crippen molar-refractivity contribution in [3.8, 4) is 0 Å². The number of nitro benzene ring substituents is 1. The average molecular weight is 338 g/mol. The number of hydrogen-bond acceptors (Lipinski definition) is 2. The van der Waals surface area contributed by atoms with Crippen molar-refractivity contribution < 1.29 is 4.92 Å². The number of unbranched alkanes of at least 4 members (excludes halogenated alkanes) is 3. The fraction of sp³-hybridized carbons (Fsp3) is 0.684. The largest absolute Gasteiger partial charge is 0.269 e. The van der Waals surface area contributed by atoms with E-state index < -0.39 is 7.26 Å². The van der Waals surface area contributed by atoms with E-state index in [0.29, 0.717) is 0 Å². The summed E-state index contributed by atoms with van der Waals surface area (Å²) in [4.78, 5) is 10.5. The van der Waals surface area contributed by atoms with Crippen LogP contribution in [0.5, 0.6) is 0 Å². The zero-order valence-electron chi connectivity index (χ0n) is 15.1. The lowest BCUT2D eigenvalue weighted by molar-refractivity contribution is -0.384. The lowest BCUT2D eigenvalue weighted by Gasteiger charge is -2.28. The summed E-state index contributed by atoms with van der Waals surface area (Å²) in [6, 6.07) is 7.31. The molecule has 0 unspecified atom stereocenters. The molecule has 23 heavy (non-hydrogen) atoms. The van der Waals surface area contributed by atoms with Gasteiger partial charge >= 0.3 is 0 Å². The van der Waals surface area contributed by atoms with Crippen molar-refractivity contribution >= 4 is 12.9 Å². The lowest BCUT2D eigenvalue weighted by atomic mass is 10.2. The summed E-state index contributed by atoms with van der Waals surface area (Å²) < 4.78 is 0. The second-order valence-electron chi connectivity index (χ2n) is 6.65. The van der Waals surface area contributed by atoms with Gasteiger partial charge < -0.3 is 0 Å². The minimum Gasteiger partial charge on any atom is -0.258 e. The Kier molecular flexibility index (Phi) is 9.40. The van der Waals surface area contributed by atoms with Crippen molar-refractivity contribution in [2.24, 2.45) is 0 Å². The van der Waals surface area contributed by atoms with E-state index in [1.165, 1.54) is 68.7 Å². The summed E-state index contributed by atoms with van der Waals surface area (Å²) >= 11 is 0. The molecular formula is C19H33NO2P+. The number of hydrogen-bond donors (Lipinski definition) is 0. The molecule has 0 saturated carbocycles. The maximum Gasteiger partial charge on any atom is 0.269 e. The van der Waals surface area contributed by atoms with Gasteiger partial charge in [0.25, 0.3) is 5.69 Å². The number of non-ortho nitro benzene ring substituents is 1. The van der Waals surface area contributed by atoms with Crippen LogP contribution in [0.3, 0.4) is 0 Å². The highest BCUT2D eigenvalue weighted by Crippen LogP contribution is 2.63. The number of nitrogens with zero attached hydrogens (tertiary/aromatic N) is 1. The van der Waals surface area contributed by atoms with Crippen molar-refractivity contribution in [3.63, 3.8) is 0 Å². The van der Waals surface area contributed by atoms with Crippen LogP contribution in [0, 0.1) is 10.1 Å². The molecule has 0 amide bonds. The summed E-state index contributed by atoms with van der Waals surface area (Å²) in [5.74, 6) is 0. The van der Waals surface area contributed by atoms with Gasteiger partial charge in [0.05, 0.1) is 29.6 Å². The summed E-state index contributed by atoms with van der Waals surface area (Å²) in [6.07, 6.45) is 13.1. The van der Waals surface area contributed by atoms with Gasteiger partial charge in [0.15, 0.2) is 0 Å². The Hall–Kier alpha value is -0.950. The average Bonchev–Trinajstić information content (AvgIpc) is 2.56. The van der Waals surface area contributed by atoms with E-state index in [4.69, 9.17) is 0 Å². The smallest absolute Gasteiger partial charge is 0.258 e. The third kappa shape index (κ3) is 6.99. The van der Waals surface area contributed by atoms with Gasteiger partial charge in [0, 0.05) is 19.4 Å². The first kappa shape index (κ1) is 20.1. The molecule has 0 spiro atoms. The van der Waals surface area contributed by atoms with E-state index in [9.17, 15) is 10.1 Å². The van der Waals surface area contributed by atoms with Gasteiger partial charge in [-0.25, -0.2) is 0 Å². The fourth-order valence-electron chi connectivity index (χ4n) is 3.16. The van der Waals surface area contributed by atoms with Crippen LogP contribution in [0.4, 0.5) is 5.69 Å². The molecule has 0 saturated heterocycles. The van der Waals surface area contributed by atoms with E-state index >= 15 is 0 Å². The quantitative estimate of drug-likeness (QED) is 0.247. The van der Waals surface area contributed by atoms with Crippen LogP contribution < -0.4 is 0 Å². The maximum atomic E-state index is 10.8. The Balaban J connectivity index is 2.92. The second kappa shape index (κ2) is 10.8. The molecule has 0 aliphatic heterocycles. The molecule has 3 nitrogen and oxygen atoms in total. The van der Waals surface area contributed by atoms with E-state index in [2.05, 4.69) is 20.8 Å². The Morgan fingerprint density at radius 2 is 1.30 bits per heavy atom. The maximum absolute atomic E-state index is 10.8. The van der Waals surface area contributed by atoms with Crippen LogP contribution in [0.25, 0.3) is 0 Å². The van der Waals surface area contributed by atoms with Gasteiger partial charge in [-0.1, -0.05) is 40.0 Å². The Morgan fingerprint density at radius 3 is 1.65 bits per heavy atom. The highest BCUT2D eigenvalue weighted by atomic mass is 31.2. The minimum atomic E-state index is -0.976. The normalized spacial score (nSPS) is 11.6. The van der Waals surface area contributed by atoms with E-state index in [-0.39, 0.29) is 10.6 Å². The molecule has 0 aliphatic rings. The molecule has 0 aliphatic carbocycles. The van der Waals surface area contributed by atoms with Gasteiger partial charge in [0.1, 0.15) is 0 Å². The van der Waals surface area contributed by atoms with Gasteiger partial charge in [-0.3, -0.25) is 10.1 Å². The first-order valence-electron chi connectivity index (χ1n) is 9.15. The molecule has 4 heteroatoms. The molecule has 0 heterocycles. The van der Waals surface area contributed by atoms with E-state index in [1.54, 1.807) is 12.1 Å². The van der Waals surface area contributed by atoms with Gasteiger partial charge in [0.2, 0.25) is 0 Å². The molecule has 0 radical (unpaired) electrons. The molecule has 130 valence electrons. The number of benzene rings is 1. The topological polar surface area (TPSA) is 43.1 Å². The van der Waals surface area contributed by atoms with Gasteiger partial charge in [-0.2, -0.15) is 0 Å². The Morgan fingerprint density at radius 1 is 0.870 bits per heavy atom. The molecule has 1 aromatic rings. The summed E-state index contributed by atoms with van der Waals surface area (Å²) in [5, 5.41) is 10.8. The molecule has 0 aromatic heterocycles. The SMILES string of the molecule is CCCC[P+](CCCC)(CCCC)Cc1ccc([N+](=O)[O-])cc1. The summed E-state index contributed by atoms with van der Waals surface area (Å²) in [5.41, 5.74) is 1.50. The first-order chi connectivity index (χ1) is 11.1. The Labute approximate surface area is 142 Å². The molecule has 0 fully saturated rings. The van der Waals surface area contributed by atoms with Crippen LogP contribution in [0.15, 0.2) is 24.3 Å². The van der Waals surface area contributed by atoms with Crippen LogP contribution in [0.1, 0.15) is 64.9 Å². The zero-order valence-corrected chi connectivity index (χ0v) is 16.0. The molecule has 0 atom stereocenters. The standard InChI is InChI=1S/C19H33NO2P/c1-4-7-14-23(15-8-5-2,16-9-6-3)17-18-10-12-19(13-11-18)20(21)22/h10-13H,4-9,14-17H2,1-3H3/q+1. The lowest BCUT2D eigenvalue weighted by Crippen LogP contribution is -2.11. The monoisotopic (exact) mass is 338 g/mol. The molecule has 1 aromatic carbocycles. The van der Waals surface area contributed by atoms with Crippen molar-refractivity contribution in [1.82, 2.24) is 0 Å². The number of rotatable bonds is 12. The first-order valence-corrected chi connectivity index (χ1v) is 11.7. The van der Waals surface area contributed by atoms with E-state index in [0.717, 1.165) is 0 Å². The van der Waals surface area contributed by atoms with Crippen molar-refractivity contribution in [1.29, 1.82) is 0 Å². The van der Waals surface area contributed by atoms with Crippen LogP contribution in [-0.4, -0.2) is 23.4 Å². The van der Waals surface area contributed by atoms with Crippen molar-refractivity contribution in [3.05, 3.63) is 39.9 Å². The molecular weight excluding hydrogens is 305 g/mol. The molecule has 1 rings (SSSR count). The van der Waals surface area contributed by atoms with Crippen molar-refractivity contribution in [2.75, 3.05) is 18.5 Å². The third-order valence-electron chi connectivity index (χ3n) is 4.62. The Bertz CT molecular complexity index is 437. The third-order valence-corrected chi connectivity index (χ3v) is 9.45. The highest BCUT2D eigenvalue weighted by Gasteiger charge is 2.35. The highest BCUT2D eigenvalue weighted by molar-refractivity contribution is 7.75. The van der Waals surface area contributed by atoms with Crippen LogP contribution in [0.2, 0.25) is 0 Å². The predicted molar refractivity (Wildman–Crippen MR) is 103 cm³/mol. The zero-order chi connectivity index (χ0) is 17.1. The minimum absolute atomic E-state index is 0.202. The summed E-state index contributed by atoms with van der Waals surface area (Å²) in [6.45, 7) is 6.83. The van der Waals surface area contributed by atoms with Crippen molar-refractivity contribution in [2.45, 2.75) is 65.5 Å². The van der Waals surface area contributed by atoms with Gasteiger partial charge in [-0.05, 0) is 37.0 Å². The van der Waals surface area contributed by atoms with E-state index in [1.807, 2.05) is 12.1 Å². The van der Waals surface area contributed by atoms with Crippen LogP contribution >= 0.6 is 7.26 Å². The molecule has 0 N–H and O–H groups in total. The number of nitro groups is 1. The predicted octanol–water partition coefficient (Wildman–Crippen LogP) is 6.51. The van der Waals surface area contributed by atoms with Crippen LogP contribution in [-0.2, 0) is 6.16 Å². The molecule has 0 bridgehead atoms.